The van der Waals surface area contributed by atoms with Crippen LogP contribution in [0, 0.1) is 25.5 Å². The minimum Gasteiger partial charge on any atom is -0.493 e. The average Bonchev–Trinajstić information content (AvgIpc) is 1.72. The number of fused-ring (bicyclic) bond motifs is 5. The molecule has 0 unspecified atom stereocenters. The fourth-order valence-corrected chi connectivity index (χ4v) is 16.4. The normalized spacial score (nSPS) is 12.3. The van der Waals surface area contributed by atoms with Crippen LogP contribution in [-0.2, 0) is 45.7 Å². The van der Waals surface area contributed by atoms with Gasteiger partial charge in [0.05, 0.1) is 70.1 Å². The van der Waals surface area contributed by atoms with Crippen LogP contribution in [0.2, 0.25) is 34.5 Å². The fourth-order valence-electron chi connectivity index (χ4n) is 12.5. The summed E-state index contributed by atoms with van der Waals surface area (Å²) < 4.78 is 76.2. The Morgan fingerprint density at radius 1 is 0.328 bits per heavy atom. The van der Waals surface area contributed by atoms with Crippen molar-refractivity contribution in [1.29, 1.82) is 0 Å². The van der Waals surface area contributed by atoms with Gasteiger partial charge in [0, 0.05) is 54.6 Å². The Balaban J connectivity index is 0.000000137. The number of ether oxygens (including phenoxy) is 9. The first-order valence-corrected chi connectivity index (χ1v) is 43.4. The molecule has 5 aliphatic rings. The quantitative estimate of drug-likeness (QED) is 0.0467. The second-order valence-corrected chi connectivity index (χ2v) is 33.2. The van der Waals surface area contributed by atoms with Crippen LogP contribution in [0.4, 0.5) is 8.78 Å². The van der Waals surface area contributed by atoms with Crippen molar-refractivity contribution >= 4 is 160 Å². The molecule has 1 aromatic heterocycles. The Morgan fingerprint density at radius 2 is 0.648 bits per heavy atom. The van der Waals surface area contributed by atoms with Gasteiger partial charge in [0.1, 0.15) is 36.5 Å². The van der Waals surface area contributed by atoms with Crippen molar-refractivity contribution in [3.05, 3.63) is 350 Å². The number of amides is 6. The van der Waals surface area contributed by atoms with E-state index in [2.05, 4.69) is 69.8 Å². The maximum Gasteiger partial charge on any atom is 0.254 e. The zero-order chi connectivity index (χ0) is 88.6. The molecule has 33 heteroatoms. The van der Waals surface area contributed by atoms with Crippen LogP contribution in [0.3, 0.4) is 0 Å². The van der Waals surface area contributed by atoms with E-state index in [1.54, 1.807) is 78.9 Å². The average molecular weight is 1980 g/mol. The second-order valence-electron chi connectivity index (χ2n) is 27.5. The van der Waals surface area contributed by atoms with E-state index in [1.807, 2.05) is 122 Å². The summed E-state index contributed by atoms with van der Waals surface area (Å²) in [5, 5.41) is 20.8. The molecule has 6 N–H and O–H groups in total. The summed E-state index contributed by atoms with van der Waals surface area (Å²) in [4.78, 5) is 72.8. The lowest BCUT2D eigenvalue weighted by molar-refractivity contribution is 0.0942. The summed E-state index contributed by atoms with van der Waals surface area (Å²) in [7, 11) is 0. The number of halogens is 11. The fraction of sp³-hybridized carbons (Fsp3) is 0.174. The molecule has 6 heterocycles. The van der Waals surface area contributed by atoms with Crippen LogP contribution in [0.5, 0.6) is 51.7 Å². The first-order valence-electron chi connectivity index (χ1n) is 38.3. The lowest BCUT2D eigenvalue weighted by atomic mass is 10.1. The standard InChI is InChI=1S/C16H14BrNO3.2C16H13Cl2NO3.C16H13Cl2NO2.C14H10BrF2NO.C14H12ClNO3S/c17-13-4-2-1-3-12(13)16(19)18-10-11-5-6-14-15(9-11)21-8-7-20-14;1-9-4-11(17)15(12(18)5-9)16(20)19-7-10-2-3-13-14(6-10)22-8-21-13;17-11-2-1-3-12(18)15(11)16(20)19-9-10-4-5-13-14(8-10)22-7-6-21-13;17-12-2-1-3-13(18)15(12)16(20)19-9-10-4-5-14-11(8-10)6-7-21-14;15-11-4-2-1-3-10(11)14(19)18-8-9-5-6-12(16)13(17)7-9;1-8-6-20-13(15)12(8)14(17)16-5-9-2-3-10-11(4-9)19-7-18-10/h1-6,9H,7-8,10H2,(H,18,19);2-6H,7-8H2,1H3,(H,19,20);1-5,8H,6-7,9H2,(H,19,20);1-5,8H,6-7,9H2,(H,19,20);1-7H,8H2,(H,18,19);2-4,6H,5,7H2,1H3,(H,16,17). The molecule has 0 fully saturated rings. The van der Waals surface area contributed by atoms with E-state index in [0.29, 0.717) is 149 Å². The van der Waals surface area contributed by atoms with Crippen LogP contribution in [0.15, 0.2) is 221 Å². The highest BCUT2D eigenvalue weighted by atomic mass is 79.9. The van der Waals surface area contributed by atoms with Crippen molar-refractivity contribution < 1.29 is 80.2 Å². The third-order valence-electron chi connectivity index (χ3n) is 18.7. The lowest BCUT2D eigenvalue weighted by Gasteiger charge is -2.19. The predicted molar refractivity (Wildman–Crippen MR) is 485 cm³/mol. The highest BCUT2D eigenvalue weighted by Crippen LogP contribution is 2.38. The van der Waals surface area contributed by atoms with Gasteiger partial charge in [0.25, 0.3) is 35.4 Å². The summed E-state index contributed by atoms with van der Waals surface area (Å²) >= 11 is 50.3. The van der Waals surface area contributed by atoms with Gasteiger partial charge >= 0.3 is 0 Å². The van der Waals surface area contributed by atoms with E-state index in [9.17, 15) is 37.5 Å². The topological polar surface area (TPSA) is 258 Å². The van der Waals surface area contributed by atoms with Crippen LogP contribution in [0.1, 0.15) is 112 Å². The van der Waals surface area contributed by atoms with Crippen molar-refractivity contribution in [3.63, 3.8) is 0 Å². The van der Waals surface area contributed by atoms with Crippen LogP contribution >= 0.6 is 124 Å². The molecule has 11 aromatic carbocycles. The molecule has 0 saturated heterocycles. The zero-order valence-electron chi connectivity index (χ0n) is 66.3. The summed E-state index contributed by atoms with van der Waals surface area (Å²) in [6.45, 7) is 9.24. The van der Waals surface area contributed by atoms with E-state index < -0.39 is 11.6 Å². The molecule has 6 amide bonds. The van der Waals surface area contributed by atoms with Crippen LogP contribution < -0.4 is 74.5 Å². The first kappa shape index (κ1) is 93.2. The van der Waals surface area contributed by atoms with E-state index in [-0.39, 0.29) is 66.7 Å². The van der Waals surface area contributed by atoms with Crippen molar-refractivity contribution in [1.82, 2.24) is 31.9 Å². The summed E-state index contributed by atoms with van der Waals surface area (Å²) in [5.74, 6) is 3.37. The number of hydrogen-bond acceptors (Lipinski definition) is 16. The molecule has 0 aliphatic carbocycles. The number of benzene rings is 11. The minimum atomic E-state index is -0.923. The van der Waals surface area contributed by atoms with Crippen LogP contribution in [-0.4, -0.2) is 82.1 Å². The van der Waals surface area contributed by atoms with E-state index in [4.69, 9.17) is 124 Å². The lowest BCUT2D eigenvalue weighted by Crippen LogP contribution is -2.23. The SMILES string of the molecule is Cc1cc(Cl)c(C(=O)NCc2ccc3c(c2)OCO3)c(Cl)c1.Cc1csc(Cl)c1C(=O)NCc1ccc2c(c1)OCO2.O=C(NCc1ccc(F)c(F)c1)c1ccccc1Br.O=C(NCc1ccc2c(c1)CCO2)c1c(Cl)cccc1Cl.O=C(NCc1ccc2c(c1)OCCO2)c1c(Cl)cccc1Cl.O=C(NCc1ccc2c(c1)OCCO2)c1ccccc1Br. The molecule has 0 atom stereocenters. The molecule has 21 nitrogen and oxygen atoms in total. The molecule has 5 aliphatic heterocycles. The number of hydrogen-bond donors (Lipinski definition) is 6. The Hall–Kier alpha value is -11.0. The smallest absolute Gasteiger partial charge is 0.254 e. The molecule has 0 spiro atoms. The van der Waals surface area contributed by atoms with E-state index >= 15 is 0 Å². The number of rotatable bonds is 18. The van der Waals surface area contributed by atoms with Gasteiger partial charge in [-0.25, -0.2) is 8.78 Å². The van der Waals surface area contributed by atoms with Crippen molar-refractivity contribution in [2.45, 2.75) is 59.5 Å². The number of aryl methyl sites for hydroxylation is 2. The van der Waals surface area contributed by atoms with Crippen molar-refractivity contribution in [3.8, 4) is 51.7 Å². The monoisotopic (exact) mass is 1980 g/mol. The molecule has 646 valence electrons. The van der Waals surface area contributed by atoms with Gasteiger partial charge in [-0.15, -0.1) is 11.3 Å². The third kappa shape index (κ3) is 25.9. The molecular formula is C92H75Br2Cl7F2N6O15S. The van der Waals surface area contributed by atoms with Gasteiger partial charge in [0.2, 0.25) is 13.6 Å². The van der Waals surface area contributed by atoms with Crippen LogP contribution in [0.25, 0.3) is 0 Å². The van der Waals surface area contributed by atoms with E-state index in [1.165, 1.54) is 23.0 Å². The van der Waals surface area contributed by atoms with Gasteiger partial charge in [-0.2, -0.15) is 0 Å². The second kappa shape index (κ2) is 45.2. The number of nitrogens with one attached hydrogen (secondary N) is 6. The Bertz CT molecular complexity index is 5900. The number of carbonyl (C=O) groups excluding carboxylic acids is 6. The van der Waals surface area contributed by atoms with Crippen molar-refractivity contribution in [2.75, 3.05) is 46.6 Å². The minimum absolute atomic E-state index is 0.114. The molecule has 0 bridgehead atoms. The van der Waals surface area contributed by atoms with Gasteiger partial charge in [-0.1, -0.05) is 160 Å². The van der Waals surface area contributed by atoms with Gasteiger partial charge < -0.3 is 74.5 Å². The predicted octanol–water partition coefficient (Wildman–Crippen LogP) is 21.7. The Kier molecular flexibility index (Phi) is 33.7. The number of carbonyl (C=O) groups is 6. The maximum absolute atomic E-state index is 13.0. The van der Waals surface area contributed by atoms with E-state index in [0.717, 1.165) is 97.3 Å². The van der Waals surface area contributed by atoms with Crippen molar-refractivity contribution in [2.24, 2.45) is 0 Å². The number of thiophene rings is 1. The molecular weight excluding hydrogens is 1910 g/mol. The maximum atomic E-state index is 13.0. The molecule has 0 radical (unpaired) electrons. The molecule has 12 aromatic rings. The molecule has 0 saturated carbocycles. The zero-order valence-corrected chi connectivity index (χ0v) is 75.6. The van der Waals surface area contributed by atoms with Gasteiger partial charge in [0.15, 0.2) is 57.6 Å². The summed E-state index contributed by atoms with van der Waals surface area (Å²) in [6.07, 6.45) is 0.910. The molecule has 17 rings (SSSR count). The summed E-state index contributed by atoms with van der Waals surface area (Å²) in [6, 6.07) is 59.5. The third-order valence-corrected chi connectivity index (χ3v) is 23.3. The summed E-state index contributed by atoms with van der Waals surface area (Å²) in [5.41, 5.74) is 10.8. The first-order chi connectivity index (χ1) is 60.3. The highest BCUT2D eigenvalue weighted by Gasteiger charge is 2.24. The Labute approximate surface area is 773 Å². The van der Waals surface area contributed by atoms with Gasteiger partial charge in [-0.3, -0.25) is 28.8 Å². The largest absolute Gasteiger partial charge is 0.493 e. The molecule has 125 heavy (non-hydrogen) atoms. The Morgan fingerprint density at radius 3 is 1.04 bits per heavy atom. The van der Waals surface area contributed by atoms with Gasteiger partial charge in [-0.05, 0) is 229 Å². The highest BCUT2D eigenvalue weighted by molar-refractivity contribution is 9.10.